The summed E-state index contributed by atoms with van der Waals surface area (Å²) in [7, 11) is 0. The zero-order valence-electron chi connectivity index (χ0n) is 21.6. The van der Waals surface area contributed by atoms with Crippen LogP contribution in [-0.2, 0) is 11.3 Å². The molecule has 0 unspecified atom stereocenters. The highest BCUT2D eigenvalue weighted by molar-refractivity contribution is 5.85. The van der Waals surface area contributed by atoms with Crippen LogP contribution in [0.4, 0.5) is 10.3 Å². The van der Waals surface area contributed by atoms with E-state index in [4.69, 9.17) is 4.74 Å². The van der Waals surface area contributed by atoms with E-state index in [1.807, 2.05) is 13.0 Å². The van der Waals surface area contributed by atoms with Crippen LogP contribution >= 0.6 is 0 Å². The number of nitrogens with zero attached hydrogens (tertiary/aromatic N) is 4. The van der Waals surface area contributed by atoms with Crippen LogP contribution < -0.4 is 16.1 Å². The molecule has 0 spiro atoms. The fourth-order valence-corrected chi connectivity index (χ4v) is 5.29. The number of hydrogen-bond donors (Lipinski definition) is 3. The second-order valence-electron chi connectivity index (χ2n) is 10.2. The van der Waals surface area contributed by atoms with Crippen molar-refractivity contribution in [3.8, 4) is 11.3 Å². The standard InChI is InChI=1S/C27H35FN6O3/c1-16(2)34-22-12-18(25-20(28)13-30-27(32-25)31-21-6-11-37-15-24(21)35)4-5-19(22)26(36)17(3)23(34)14-33-9-7-29-8-10-33/h4-5,12-13,16,21,24,29,35H,6-11,14-15H2,1-3H3,(H,30,31,32)/t21-,24-/m1/s1. The van der Waals surface area contributed by atoms with E-state index in [1.165, 1.54) is 0 Å². The van der Waals surface area contributed by atoms with Gasteiger partial charge in [-0.3, -0.25) is 9.69 Å². The Bertz CT molecular complexity index is 1340. The summed E-state index contributed by atoms with van der Waals surface area (Å²) < 4.78 is 22.5. The van der Waals surface area contributed by atoms with Crippen molar-refractivity contribution in [3.05, 3.63) is 51.7 Å². The lowest BCUT2D eigenvalue weighted by molar-refractivity contribution is -0.0136. The van der Waals surface area contributed by atoms with Gasteiger partial charge >= 0.3 is 0 Å². The molecular weight excluding hydrogens is 475 g/mol. The first kappa shape index (κ1) is 25.7. The third-order valence-electron chi connectivity index (χ3n) is 7.32. The Morgan fingerprint density at radius 1 is 1.30 bits per heavy atom. The van der Waals surface area contributed by atoms with Gasteiger partial charge in [-0.05, 0) is 39.3 Å². The van der Waals surface area contributed by atoms with Crippen LogP contribution in [-0.4, -0.2) is 76.1 Å². The van der Waals surface area contributed by atoms with Crippen molar-refractivity contribution in [2.75, 3.05) is 44.7 Å². The minimum Gasteiger partial charge on any atom is -0.389 e. The van der Waals surface area contributed by atoms with Crippen LogP contribution in [0.2, 0.25) is 0 Å². The summed E-state index contributed by atoms with van der Waals surface area (Å²) in [6, 6.07) is 5.19. The fraction of sp³-hybridized carbons (Fsp3) is 0.519. The molecule has 4 heterocycles. The van der Waals surface area contributed by atoms with E-state index >= 15 is 0 Å². The number of benzene rings is 1. The quantitative estimate of drug-likeness (QED) is 0.465. The molecule has 2 aliphatic rings. The topological polar surface area (TPSA) is 105 Å². The van der Waals surface area contributed by atoms with E-state index in [1.54, 1.807) is 12.1 Å². The largest absolute Gasteiger partial charge is 0.389 e. The number of rotatable bonds is 6. The number of nitrogens with one attached hydrogen (secondary N) is 2. The van der Waals surface area contributed by atoms with E-state index < -0.39 is 11.9 Å². The highest BCUT2D eigenvalue weighted by Crippen LogP contribution is 2.29. The Balaban J connectivity index is 1.57. The van der Waals surface area contributed by atoms with E-state index in [9.17, 15) is 14.3 Å². The smallest absolute Gasteiger partial charge is 0.223 e. The van der Waals surface area contributed by atoms with E-state index in [-0.39, 0.29) is 35.8 Å². The average molecular weight is 511 g/mol. The zero-order chi connectivity index (χ0) is 26.1. The first-order valence-corrected chi connectivity index (χ1v) is 13.0. The maximum absolute atomic E-state index is 15.0. The molecule has 9 nitrogen and oxygen atoms in total. The number of piperazine rings is 1. The van der Waals surface area contributed by atoms with Crippen LogP contribution in [0.15, 0.2) is 29.2 Å². The van der Waals surface area contributed by atoms with E-state index in [2.05, 4.69) is 43.9 Å². The van der Waals surface area contributed by atoms with Gasteiger partial charge < -0.3 is 25.0 Å². The molecule has 0 amide bonds. The maximum atomic E-state index is 15.0. The predicted octanol–water partition coefficient (Wildman–Crippen LogP) is 2.45. The van der Waals surface area contributed by atoms with Gasteiger partial charge in [-0.25, -0.2) is 14.4 Å². The van der Waals surface area contributed by atoms with Crippen molar-refractivity contribution in [2.24, 2.45) is 0 Å². The second-order valence-corrected chi connectivity index (χ2v) is 10.2. The van der Waals surface area contributed by atoms with Gasteiger partial charge in [0.2, 0.25) is 5.95 Å². The van der Waals surface area contributed by atoms with Gasteiger partial charge in [-0.1, -0.05) is 6.07 Å². The molecule has 3 aromatic rings. The Morgan fingerprint density at radius 3 is 2.81 bits per heavy atom. The summed E-state index contributed by atoms with van der Waals surface area (Å²) in [6.07, 6.45) is 1.05. The lowest BCUT2D eigenvalue weighted by Crippen LogP contribution is -2.43. The highest BCUT2D eigenvalue weighted by Gasteiger charge is 2.25. The van der Waals surface area contributed by atoms with Gasteiger partial charge in [-0.2, -0.15) is 0 Å². The monoisotopic (exact) mass is 510 g/mol. The molecule has 2 fully saturated rings. The summed E-state index contributed by atoms with van der Waals surface area (Å²) in [5.74, 6) is -0.309. The molecule has 2 aromatic heterocycles. The average Bonchev–Trinajstić information content (AvgIpc) is 2.89. The van der Waals surface area contributed by atoms with Crippen molar-refractivity contribution >= 4 is 16.9 Å². The van der Waals surface area contributed by atoms with Crippen LogP contribution in [0.25, 0.3) is 22.2 Å². The lowest BCUT2D eigenvalue weighted by atomic mass is 10.0. The molecule has 3 N–H and O–H groups in total. The van der Waals surface area contributed by atoms with Crippen LogP contribution in [0.1, 0.15) is 37.6 Å². The maximum Gasteiger partial charge on any atom is 0.223 e. The minimum atomic E-state index is -0.690. The Kier molecular flexibility index (Phi) is 7.52. The lowest BCUT2D eigenvalue weighted by Gasteiger charge is -2.31. The molecule has 5 rings (SSSR count). The van der Waals surface area contributed by atoms with Crippen LogP contribution in [0.3, 0.4) is 0 Å². The highest BCUT2D eigenvalue weighted by atomic mass is 19.1. The number of pyridine rings is 1. The van der Waals surface area contributed by atoms with Crippen molar-refractivity contribution in [3.63, 3.8) is 0 Å². The third kappa shape index (κ3) is 5.24. The molecule has 2 aliphatic heterocycles. The molecule has 2 saturated heterocycles. The van der Waals surface area contributed by atoms with Crippen molar-refractivity contribution in [1.29, 1.82) is 0 Å². The molecule has 10 heteroatoms. The second kappa shape index (κ2) is 10.8. The molecule has 0 saturated carbocycles. The van der Waals surface area contributed by atoms with Gasteiger partial charge in [0, 0.05) is 67.6 Å². The van der Waals surface area contributed by atoms with Crippen LogP contribution in [0.5, 0.6) is 0 Å². The Labute approximate surface area is 215 Å². The Hall–Kier alpha value is -2.92. The molecule has 1 aromatic carbocycles. The SMILES string of the molecule is Cc1c(CN2CCNCC2)n(C(C)C)c2cc(-c3nc(N[C@@H]4CCOC[C@H]4O)ncc3F)ccc2c1=O. The molecule has 2 atom stereocenters. The summed E-state index contributed by atoms with van der Waals surface area (Å²) in [6.45, 7) is 11.3. The minimum absolute atomic E-state index is 0.00241. The van der Waals surface area contributed by atoms with Gasteiger partial charge in [0.15, 0.2) is 11.2 Å². The zero-order valence-corrected chi connectivity index (χ0v) is 21.6. The normalized spacial score (nSPS) is 21.0. The number of aromatic nitrogens is 3. The van der Waals surface area contributed by atoms with Gasteiger partial charge in [-0.15, -0.1) is 0 Å². The number of aliphatic hydroxyl groups excluding tert-OH is 1. The first-order chi connectivity index (χ1) is 17.8. The number of hydrogen-bond acceptors (Lipinski definition) is 8. The van der Waals surface area contributed by atoms with Crippen molar-refractivity contribution in [1.82, 2.24) is 24.8 Å². The summed E-state index contributed by atoms with van der Waals surface area (Å²) in [5, 5.41) is 17.3. The summed E-state index contributed by atoms with van der Waals surface area (Å²) in [5.41, 5.74) is 3.22. The Morgan fingerprint density at radius 2 is 2.08 bits per heavy atom. The number of fused-ring (bicyclic) bond motifs is 1. The molecular formula is C27H35FN6O3. The summed E-state index contributed by atoms with van der Waals surface area (Å²) in [4.78, 5) is 24.3. The van der Waals surface area contributed by atoms with Crippen molar-refractivity contribution < 1.29 is 14.2 Å². The number of halogens is 1. The van der Waals surface area contributed by atoms with E-state index in [0.717, 1.165) is 49.1 Å². The number of aliphatic hydroxyl groups is 1. The molecule has 0 radical (unpaired) electrons. The number of ether oxygens (including phenoxy) is 1. The first-order valence-electron chi connectivity index (χ1n) is 13.0. The van der Waals surface area contributed by atoms with Gasteiger partial charge in [0.05, 0.1) is 30.5 Å². The fourth-order valence-electron chi connectivity index (χ4n) is 5.29. The van der Waals surface area contributed by atoms with E-state index in [0.29, 0.717) is 30.5 Å². The third-order valence-corrected chi connectivity index (χ3v) is 7.32. The molecule has 0 bridgehead atoms. The summed E-state index contributed by atoms with van der Waals surface area (Å²) >= 11 is 0. The predicted molar refractivity (Wildman–Crippen MR) is 141 cm³/mol. The van der Waals surface area contributed by atoms with Gasteiger partial charge in [0.25, 0.3) is 0 Å². The van der Waals surface area contributed by atoms with Crippen molar-refractivity contribution in [2.45, 2.75) is 51.9 Å². The van der Waals surface area contributed by atoms with Crippen LogP contribution in [0, 0.1) is 12.7 Å². The molecule has 0 aliphatic carbocycles. The van der Waals surface area contributed by atoms with Gasteiger partial charge in [0.1, 0.15) is 5.69 Å². The molecule has 198 valence electrons. The molecule has 37 heavy (non-hydrogen) atoms. The number of anilines is 1.